The van der Waals surface area contributed by atoms with E-state index in [4.69, 9.17) is 0 Å². The monoisotopic (exact) mass is 232 g/mol. The molecule has 1 heterocycles. The van der Waals surface area contributed by atoms with Crippen LogP contribution in [0.4, 0.5) is 0 Å². The van der Waals surface area contributed by atoms with Gasteiger partial charge in [0.15, 0.2) is 0 Å². The number of aliphatic imine (C=N–C) groups is 1. The fraction of sp³-hybridized carbons (Fsp3) is 0.462. The van der Waals surface area contributed by atoms with Gasteiger partial charge in [-0.1, -0.05) is 30.3 Å². The molecule has 2 rings (SSSR count). The summed E-state index contributed by atoms with van der Waals surface area (Å²) in [5, 5.41) is 2.45. The number of nitrogens with zero attached hydrogens (tertiary/aromatic N) is 2. The van der Waals surface area contributed by atoms with Crippen LogP contribution in [0.3, 0.4) is 0 Å². The third kappa shape index (κ3) is 3.24. The van der Waals surface area contributed by atoms with E-state index in [1.165, 1.54) is 18.5 Å². The van der Waals surface area contributed by atoms with E-state index < -0.39 is 0 Å². The van der Waals surface area contributed by atoms with Gasteiger partial charge in [0.25, 0.3) is 0 Å². The molecule has 1 fully saturated rings. The molecule has 1 atom stereocenters. The van der Waals surface area contributed by atoms with Gasteiger partial charge in [-0.05, 0) is 36.7 Å². The summed E-state index contributed by atoms with van der Waals surface area (Å²) in [6.45, 7) is 4.20. The molecule has 1 aromatic rings. The number of rotatable bonds is 4. The summed E-state index contributed by atoms with van der Waals surface area (Å²) in [5.41, 5.74) is 1.39. The molecule has 1 aromatic carbocycles. The molecule has 84 valence electrons. The van der Waals surface area contributed by atoms with Gasteiger partial charge in [-0.25, -0.2) is 4.99 Å². The lowest BCUT2D eigenvalue weighted by Crippen LogP contribution is -2.20. The highest BCUT2D eigenvalue weighted by Crippen LogP contribution is 2.18. The Morgan fingerprint density at radius 2 is 2.19 bits per heavy atom. The van der Waals surface area contributed by atoms with Crippen molar-refractivity contribution in [3.8, 4) is 0 Å². The predicted molar refractivity (Wildman–Crippen MR) is 69.7 cm³/mol. The van der Waals surface area contributed by atoms with Crippen molar-refractivity contribution >= 4 is 17.4 Å². The maximum Gasteiger partial charge on any atom is 0.0585 e. The molecule has 2 nitrogen and oxygen atoms in total. The Morgan fingerprint density at radius 3 is 2.94 bits per heavy atom. The van der Waals surface area contributed by atoms with E-state index in [2.05, 4.69) is 57.6 Å². The Kier molecular flexibility index (Phi) is 4.23. The first-order valence-electron chi connectivity index (χ1n) is 5.68. The van der Waals surface area contributed by atoms with Gasteiger partial charge in [0.2, 0.25) is 0 Å². The van der Waals surface area contributed by atoms with Crippen molar-refractivity contribution in [2.24, 2.45) is 10.9 Å². The van der Waals surface area contributed by atoms with Crippen LogP contribution >= 0.6 is 12.2 Å². The van der Waals surface area contributed by atoms with Crippen molar-refractivity contribution in [3.63, 3.8) is 0 Å². The van der Waals surface area contributed by atoms with Gasteiger partial charge < -0.3 is 0 Å². The fourth-order valence-electron chi connectivity index (χ4n) is 2.21. The van der Waals surface area contributed by atoms with Crippen LogP contribution in [0.5, 0.6) is 0 Å². The molecule has 0 bridgehead atoms. The molecular weight excluding hydrogens is 216 g/mol. The topological polar surface area (TPSA) is 15.6 Å². The van der Waals surface area contributed by atoms with Crippen molar-refractivity contribution in [1.82, 2.24) is 4.90 Å². The number of thiocarbonyl (C=S) groups is 1. The lowest BCUT2D eigenvalue weighted by Gasteiger charge is -2.15. The Labute approximate surface area is 102 Å². The van der Waals surface area contributed by atoms with Crippen LogP contribution < -0.4 is 0 Å². The minimum absolute atomic E-state index is 0.666. The minimum Gasteiger partial charge on any atom is -0.299 e. The summed E-state index contributed by atoms with van der Waals surface area (Å²) in [6, 6.07) is 10.6. The normalized spacial score (nSPS) is 20.6. The van der Waals surface area contributed by atoms with E-state index in [1.54, 1.807) is 0 Å². The Bertz CT molecular complexity index is 371. The van der Waals surface area contributed by atoms with Crippen molar-refractivity contribution in [2.75, 3.05) is 19.6 Å². The highest BCUT2D eigenvalue weighted by Gasteiger charge is 2.21. The maximum absolute atomic E-state index is 4.59. The molecule has 1 saturated heterocycles. The second kappa shape index (κ2) is 5.90. The van der Waals surface area contributed by atoms with Crippen molar-refractivity contribution in [1.29, 1.82) is 0 Å². The number of isothiocyanates is 1. The molecule has 1 aliphatic rings. The van der Waals surface area contributed by atoms with Gasteiger partial charge in [0.1, 0.15) is 0 Å². The molecule has 0 aromatic heterocycles. The molecular formula is C13H16N2S. The number of benzene rings is 1. The lowest BCUT2D eigenvalue weighted by molar-refractivity contribution is 0.318. The summed E-state index contributed by atoms with van der Waals surface area (Å²) in [4.78, 5) is 6.52. The largest absolute Gasteiger partial charge is 0.299 e. The third-order valence-electron chi connectivity index (χ3n) is 3.03. The highest BCUT2D eigenvalue weighted by molar-refractivity contribution is 7.78. The fourth-order valence-corrected chi connectivity index (χ4v) is 2.29. The number of hydrogen-bond acceptors (Lipinski definition) is 3. The van der Waals surface area contributed by atoms with Gasteiger partial charge in [-0.2, -0.15) is 0 Å². The standard InChI is InChI=1S/C13H16N2S/c16-11-14-8-13-6-7-15(10-13)9-12-4-2-1-3-5-12/h1-5,13H,6-10H2. The first kappa shape index (κ1) is 11.5. The SMILES string of the molecule is S=C=NCC1CCN(Cc2ccccc2)C1. The van der Waals surface area contributed by atoms with Gasteiger partial charge in [-0.15, -0.1) is 0 Å². The van der Waals surface area contributed by atoms with Gasteiger partial charge in [-0.3, -0.25) is 4.90 Å². The van der Waals surface area contributed by atoms with E-state index in [-0.39, 0.29) is 0 Å². The van der Waals surface area contributed by atoms with Gasteiger partial charge >= 0.3 is 0 Å². The van der Waals surface area contributed by atoms with Crippen molar-refractivity contribution < 1.29 is 0 Å². The van der Waals surface area contributed by atoms with Gasteiger partial charge in [0, 0.05) is 13.1 Å². The van der Waals surface area contributed by atoms with Crippen LogP contribution in [0.1, 0.15) is 12.0 Å². The average molecular weight is 232 g/mol. The molecule has 1 unspecified atom stereocenters. The zero-order valence-corrected chi connectivity index (χ0v) is 10.1. The first-order chi connectivity index (χ1) is 7.88. The second-order valence-electron chi connectivity index (χ2n) is 4.31. The zero-order chi connectivity index (χ0) is 11.2. The van der Waals surface area contributed by atoms with Crippen LogP contribution in [0, 0.1) is 5.92 Å². The second-order valence-corrected chi connectivity index (χ2v) is 4.49. The Hall–Kier alpha value is -1.02. The van der Waals surface area contributed by atoms with E-state index >= 15 is 0 Å². The van der Waals surface area contributed by atoms with Crippen LogP contribution in [0.15, 0.2) is 35.3 Å². The molecule has 0 spiro atoms. The van der Waals surface area contributed by atoms with Crippen LogP contribution in [-0.2, 0) is 6.54 Å². The quantitative estimate of drug-likeness (QED) is 0.586. The van der Waals surface area contributed by atoms with Crippen molar-refractivity contribution in [3.05, 3.63) is 35.9 Å². The summed E-state index contributed by atoms with van der Waals surface area (Å²) < 4.78 is 0. The number of likely N-dealkylation sites (tertiary alicyclic amines) is 1. The molecule has 0 radical (unpaired) electrons. The molecule has 0 aliphatic carbocycles. The van der Waals surface area contributed by atoms with Gasteiger partial charge in [0.05, 0.1) is 11.7 Å². The van der Waals surface area contributed by atoms with E-state index in [1.807, 2.05) is 0 Å². The van der Waals surface area contributed by atoms with Crippen molar-refractivity contribution in [2.45, 2.75) is 13.0 Å². The van der Waals surface area contributed by atoms with E-state index in [0.29, 0.717) is 5.92 Å². The highest BCUT2D eigenvalue weighted by atomic mass is 32.1. The Balaban J connectivity index is 1.83. The smallest absolute Gasteiger partial charge is 0.0585 e. The minimum atomic E-state index is 0.666. The number of hydrogen-bond donors (Lipinski definition) is 0. The molecule has 0 amide bonds. The average Bonchev–Trinajstić information content (AvgIpc) is 2.75. The van der Waals surface area contributed by atoms with E-state index in [0.717, 1.165) is 19.6 Å². The van der Waals surface area contributed by atoms with Crippen LogP contribution in [0.25, 0.3) is 0 Å². The molecule has 1 aliphatic heterocycles. The molecule has 3 heteroatoms. The van der Waals surface area contributed by atoms with Crippen LogP contribution in [-0.4, -0.2) is 29.7 Å². The zero-order valence-electron chi connectivity index (χ0n) is 9.30. The first-order valence-corrected chi connectivity index (χ1v) is 6.09. The lowest BCUT2D eigenvalue weighted by atomic mass is 10.1. The summed E-state index contributed by atoms with van der Waals surface area (Å²) in [7, 11) is 0. The molecule has 0 saturated carbocycles. The summed E-state index contributed by atoms with van der Waals surface area (Å²) >= 11 is 4.59. The van der Waals surface area contributed by atoms with Crippen LogP contribution in [0.2, 0.25) is 0 Å². The molecule has 0 N–H and O–H groups in total. The van der Waals surface area contributed by atoms with E-state index in [9.17, 15) is 0 Å². The summed E-state index contributed by atoms with van der Waals surface area (Å²) in [6.07, 6.45) is 1.23. The third-order valence-corrected chi connectivity index (χ3v) is 3.16. The summed E-state index contributed by atoms with van der Waals surface area (Å²) in [5.74, 6) is 0.666. The maximum atomic E-state index is 4.59. The Morgan fingerprint density at radius 1 is 1.38 bits per heavy atom. The molecule has 16 heavy (non-hydrogen) atoms. The predicted octanol–water partition coefficient (Wildman–Crippen LogP) is 2.61.